The Labute approximate surface area is 169 Å². The van der Waals surface area contributed by atoms with Gasteiger partial charge in [0.05, 0.1) is 19.1 Å². The van der Waals surface area contributed by atoms with Crippen LogP contribution in [0.4, 0.5) is 4.79 Å². The number of imide groups is 1. The Balaban J connectivity index is 2.29. The molecular formula is C20H27N3O6. The first kappa shape index (κ1) is 22.2. The van der Waals surface area contributed by atoms with Gasteiger partial charge in [-0.1, -0.05) is 31.5 Å². The van der Waals surface area contributed by atoms with Gasteiger partial charge in [-0.15, -0.1) is 0 Å². The van der Waals surface area contributed by atoms with Gasteiger partial charge in [0.25, 0.3) is 5.91 Å². The summed E-state index contributed by atoms with van der Waals surface area (Å²) in [6.45, 7) is 1.90. The van der Waals surface area contributed by atoms with Crippen LogP contribution in [0.3, 0.4) is 0 Å². The van der Waals surface area contributed by atoms with E-state index in [1.165, 1.54) is 7.11 Å². The molecule has 29 heavy (non-hydrogen) atoms. The minimum Gasteiger partial charge on any atom is -0.496 e. The van der Waals surface area contributed by atoms with E-state index in [-0.39, 0.29) is 12.3 Å². The topological polar surface area (TPSA) is 128 Å². The number of nitrogens with two attached hydrogens (primary N) is 1. The second-order valence-electron chi connectivity index (χ2n) is 6.79. The van der Waals surface area contributed by atoms with Crippen LogP contribution in [-0.4, -0.2) is 49.0 Å². The van der Waals surface area contributed by atoms with Crippen molar-refractivity contribution < 1.29 is 28.7 Å². The largest absolute Gasteiger partial charge is 0.496 e. The Morgan fingerprint density at radius 3 is 2.66 bits per heavy atom. The molecule has 0 unspecified atom stereocenters. The average Bonchev–Trinajstić information content (AvgIpc) is 2.70. The summed E-state index contributed by atoms with van der Waals surface area (Å²) in [5, 5.41) is 1.84. The van der Waals surface area contributed by atoms with Crippen molar-refractivity contribution in [2.45, 2.75) is 38.6 Å². The molecule has 2 rings (SSSR count). The van der Waals surface area contributed by atoms with E-state index >= 15 is 0 Å². The Morgan fingerprint density at radius 1 is 1.28 bits per heavy atom. The summed E-state index contributed by atoms with van der Waals surface area (Å²) in [4.78, 5) is 49.5. The van der Waals surface area contributed by atoms with Crippen molar-refractivity contribution in [2.24, 2.45) is 11.7 Å². The van der Waals surface area contributed by atoms with Gasteiger partial charge in [0.1, 0.15) is 5.75 Å². The van der Waals surface area contributed by atoms with Crippen molar-refractivity contribution in [2.75, 3.05) is 20.3 Å². The standard InChI is InChI=1S/C20H27N3O6/c1-3-4-11-23-17(25)10-9-14(19(26)29-12-16(24)22-20(21)27)18(23)13-7-5-6-8-15(13)28-2/h5-8,14,18H,3-4,9-12H2,1-2H3,(H3,21,22,24,27)/t14-,18+/m1/s1. The minimum absolute atomic E-state index is 0.0372. The zero-order chi connectivity index (χ0) is 21.4. The monoisotopic (exact) mass is 405 g/mol. The first-order valence-electron chi connectivity index (χ1n) is 9.57. The number of likely N-dealkylation sites (tertiary alicyclic amines) is 1. The van der Waals surface area contributed by atoms with Gasteiger partial charge >= 0.3 is 12.0 Å². The van der Waals surface area contributed by atoms with Gasteiger partial charge in [0.2, 0.25) is 5.91 Å². The van der Waals surface area contributed by atoms with Crippen molar-refractivity contribution >= 4 is 23.8 Å². The maximum absolute atomic E-state index is 12.8. The summed E-state index contributed by atoms with van der Waals surface area (Å²) >= 11 is 0. The van der Waals surface area contributed by atoms with E-state index in [9.17, 15) is 19.2 Å². The fourth-order valence-electron chi connectivity index (χ4n) is 3.50. The molecule has 1 heterocycles. The molecule has 158 valence electrons. The number of esters is 1. The van der Waals surface area contributed by atoms with Crippen molar-refractivity contribution in [3.63, 3.8) is 0 Å². The molecule has 1 aromatic carbocycles. The molecule has 4 amide bonds. The van der Waals surface area contributed by atoms with Crippen molar-refractivity contribution in [1.29, 1.82) is 0 Å². The molecule has 1 aliphatic rings. The Morgan fingerprint density at radius 2 is 2.00 bits per heavy atom. The highest BCUT2D eigenvalue weighted by Crippen LogP contribution is 2.41. The molecule has 0 aromatic heterocycles. The maximum atomic E-state index is 12.8. The van der Waals surface area contributed by atoms with E-state index in [0.29, 0.717) is 24.3 Å². The lowest BCUT2D eigenvalue weighted by Gasteiger charge is -2.40. The number of rotatable bonds is 8. The van der Waals surface area contributed by atoms with Gasteiger partial charge in [-0.2, -0.15) is 0 Å². The quantitative estimate of drug-likeness (QED) is 0.631. The van der Waals surface area contributed by atoms with Crippen molar-refractivity contribution in [3.8, 4) is 5.75 Å². The lowest BCUT2D eigenvalue weighted by Crippen LogP contribution is -2.46. The average molecular weight is 405 g/mol. The van der Waals surface area contributed by atoms with E-state index in [4.69, 9.17) is 15.2 Å². The van der Waals surface area contributed by atoms with E-state index in [1.54, 1.807) is 11.0 Å². The third-order valence-electron chi connectivity index (χ3n) is 4.83. The van der Waals surface area contributed by atoms with Gasteiger partial charge < -0.3 is 20.1 Å². The van der Waals surface area contributed by atoms with Crippen LogP contribution in [0.2, 0.25) is 0 Å². The molecule has 0 bridgehead atoms. The summed E-state index contributed by atoms with van der Waals surface area (Å²) in [5.74, 6) is -1.56. The smallest absolute Gasteiger partial charge is 0.318 e. The predicted octanol–water partition coefficient (Wildman–Crippen LogP) is 1.51. The summed E-state index contributed by atoms with van der Waals surface area (Å²) in [6, 6.07) is 5.64. The summed E-state index contributed by atoms with van der Waals surface area (Å²) in [6.07, 6.45) is 2.19. The van der Waals surface area contributed by atoms with Crippen LogP contribution in [0.1, 0.15) is 44.2 Å². The zero-order valence-corrected chi connectivity index (χ0v) is 16.7. The second kappa shape index (κ2) is 10.4. The molecule has 9 heteroatoms. The number of para-hydroxylation sites is 1. The maximum Gasteiger partial charge on any atom is 0.318 e. The van der Waals surface area contributed by atoms with Gasteiger partial charge in [0.15, 0.2) is 6.61 Å². The number of amides is 4. The SMILES string of the molecule is CCCCN1C(=O)CC[C@@H](C(=O)OCC(=O)NC(N)=O)[C@@H]1c1ccccc1OC. The highest BCUT2D eigenvalue weighted by molar-refractivity contribution is 5.95. The van der Waals surface area contributed by atoms with Gasteiger partial charge in [0, 0.05) is 18.5 Å². The number of benzene rings is 1. The molecule has 1 aromatic rings. The summed E-state index contributed by atoms with van der Waals surface area (Å²) < 4.78 is 10.6. The highest BCUT2D eigenvalue weighted by atomic mass is 16.5. The molecule has 0 spiro atoms. The number of primary amides is 1. The lowest BCUT2D eigenvalue weighted by atomic mass is 9.83. The Kier molecular flexibility index (Phi) is 7.99. The van der Waals surface area contributed by atoms with Gasteiger partial charge in [-0.05, 0) is 18.9 Å². The first-order valence-corrected chi connectivity index (χ1v) is 9.57. The number of nitrogens with zero attached hydrogens (tertiary/aromatic N) is 1. The van der Waals surface area contributed by atoms with E-state index in [2.05, 4.69) is 0 Å². The number of hydrogen-bond donors (Lipinski definition) is 2. The molecule has 0 aliphatic carbocycles. The van der Waals surface area contributed by atoms with Crippen LogP contribution in [0.5, 0.6) is 5.75 Å². The number of methoxy groups -OCH3 is 1. The molecular weight excluding hydrogens is 378 g/mol. The van der Waals surface area contributed by atoms with E-state index < -0.39 is 36.5 Å². The number of ether oxygens (including phenoxy) is 2. The third-order valence-corrected chi connectivity index (χ3v) is 4.83. The van der Waals surface area contributed by atoms with Gasteiger partial charge in [-0.25, -0.2) is 4.79 Å². The molecule has 2 atom stereocenters. The normalized spacial score (nSPS) is 18.8. The first-order chi connectivity index (χ1) is 13.9. The number of carbonyl (C=O) groups is 4. The van der Waals surface area contributed by atoms with Crippen LogP contribution < -0.4 is 15.8 Å². The molecule has 9 nitrogen and oxygen atoms in total. The lowest BCUT2D eigenvalue weighted by molar-refractivity contribution is -0.159. The number of unbranched alkanes of at least 4 members (excludes halogenated alkanes) is 1. The van der Waals surface area contributed by atoms with E-state index in [0.717, 1.165) is 12.8 Å². The van der Waals surface area contributed by atoms with Crippen LogP contribution in [0, 0.1) is 5.92 Å². The number of piperidine rings is 1. The van der Waals surface area contributed by atoms with Crippen molar-refractivity contribution in [1.82, 2.24) is 10.2 Å². The molecule has 3 N–H and O–H groups in total. The predicted molar refractivity (Wildman–Crippen MR) is 104 cm³/mol. The number of carbonyl (C=O) groups excluding carboxylic acids is 4. The molecule has 1 aliphatic heterocycles. The third kappa shape index (κ3) is 5.69. The molecule has 1 fully saturated rings. The molecule has 0 saturated carbocycles. The number of urea groups is 1. The zero-order valence-electron chi connectivity index (χ0n) is 16.7. The number of nitrogens with one attached hydrogen (secondary N) is 1. The highest BCUT2D eigenvalue weighted by Gasteiger charge is 2.42. The van der Waals surface area contributed by atoms with Crippen LogP contribution in [0.15, 0.2) is 24.3 Å². The van der Waals surface area contributed by atoms with Crippen LogP contribution in [0.25, 0.3) is 0 Å². The molecule has 1 saturated heterocycles. The van der Waals surface area contributed by atoms with E-state index in [1.807, 2.05) is 30.4 Å². The second-order valence-corrected chi connectivity index (χ2v) is 6.79. The molecule has 0 radical (unpaired) electrons. The minimum atomic E-state index is -1.02. The fourth-order valence-corrected chi connectivity index (χ4v) is 3.50. The van der Waals surface area contributed by atoms with Crippen molar-refractivity contribution in [3.05, 3.63) is 29.8 Å². The van der Waals surface area contributed by atoms with Gasteiger partial charge in [-0.3, -0.25) is 19.7 Å². The van der Waals surface area contributed by atoms with Crippen LogP contribution in [-0.2, 0) is 19.1 Å². The fraction of sp³-hybridized carbons (Fsp3) is 0.500. The number of hydrogen-bond acceptors (Lipinski definition) is 6. The summed E-state index contributed by atoms with van der Waals surface area (Å²) in [7, 11) is 1.53. The summed E-state index contributed by atoms with van der Waals surface area (Å²) in [5.41, 5.74) is 5.59. The Bertz CT molecular complexity index is 766. The Hall–Kier alpha value is -3.10. The van der Waals surface area contributed by atoms with Crippen LogP contribution >= 0.6 is 0 Å².